The second-order valence-corrected chi connectivity index (χ2v) is 16.5. The normalized spacial score (nSPS) is 12.1. The van der Waals surface area contributed by atoms with E-state index in [0.29, 0.717) is 152 Å². The number of ether oxygens (including phenoxy) is 12. The standard InChI is InChI=1S/C33H66O14Si/c1-7-32(34)46-30-28-44-26-24-42-22-20-40-18-16-38-14-12-36-10-8-35-9-11-37-13-15-39-17-19-41-21-23-43-25-27-45-29-31-47-48(5,6)33(2,3)4/h7H,1,8-31H2,2-6H3. The Hall–Kier alpha value is -1.05. The van der Waals surface area contributed by atoms with Gasteiger partial charge in [0, 0.05) is 6.08 Å². The summed E-state index contributed by atoms with van der Waals surface area (Å²) in [5, 5.41) is 0.213. The summed E-state index contributed by atoms with van der Waals surface area (Å²) >= 11 is 0. The molecule has 286 valence electrons. The highest BCUT2D eigenvalue weighted by Crippen LogP contribution is 2.36. The Bertz CT molecular complexity index is 708. The summed E-state index contributed by atoms with van der Waals surface area (Å²) in [6, 6.07) is 0. The minimum Gasteiger partial charge on any atom is -0.460 e. The molecule has 0 spiro atoms. The van der Waals surface area contributed by atoms with Crippen LogP contribution in [0.4, 0.5) is 0 Å². The van der Waals surface area contributed by atoms with Gasteiger partial charge < -0.3 is 61.3 Å². The van der Waals surface area contributed by atoms with Crippen LogP contribution in [0.15, 0.2) is 12.7 Å². The van der Waals surface area contributed by atoms with E-state index in [9.17, 15) is 4.79 Å². The molecule has 0 bridgehead atoms. The van der Waals surface area contributed by atoms with Crippen LogP contribution in [0.3, 0.4) is 0 Å². The first-order chi connectivity index (χ1) is 23.2. The van der Waals surface area contributed by atoms with Crippen molar-refractivity contribution in [3.8, 4) is 0 Å². The summed E-state index contributed by atoms with van der Waals surface area (Å²) in [5.41, 5.74) is 0. The van der Waals surface area contributed by atoms with Crippen molar-refractivity contribution in [1.29, 1.82) is 0 Å². The zero-order valence-corrected chi connectivity index (χ0v) is 31.5. The summed E-state index contributed by atoms with van der Waals surface area (Å²) < 4.78 is 70.9. The smallest absolute Gasteiger partial charge is 0.330 e. The molecule has 0 N–H and O–H groups in total. The van der Waals surface area contributed by atoms with Crippen molar-refractivity contribution in [2.24, 2.45) is 0 Å². The van der Waals surface area contributed by atoms with Crippen LogP contribution < -0.4 is 0 Å². The molecular formula is C33H66O14Si. The highest BCUT2D eigenvalue weighted by molar-refractivity contribution is 6.74. The highest BCUT2D eigenvalue weighted by atomic mass is 28.4. The van der Waals surface area contributed by atoms with Crippen molar-refractivity contribution >= 4 is 14.3 Å². The van der Waals surface area contributed by atoms with E-state index >= 15 is 0 Å². The molecule has 0 aromatic heterocycles. The highest BCUT2D eigenvalue weighted by Gasteiger charge is 2.36. The number of hydrogen-bond donors (Lipinski definition) is 0. The maximum atomic E-state index is 10.8. The molecule has 0 aliphatic heterocycles. The van der Waals surface area contributed by atoms with Crippen LogP contribution in [0, 0.1) is 0 Å². The first kappa shape index (κ1) is 46.9. The van der Waals surface area contributed by atoms with Crippen LogP contribution in [0.2, 0.25) is 18.1 Å². The molecule has 15 heteroatoms. The molecule has 0 fully saturated rings. The van der Waals surface area contributed by atoms with Crippen molar-refractivity contribution in [3.63, 3.8) is 0 Å². The lowest BCUT2D eigenvalue weighted by atomic mass is 10.2. The third-order valence-corrected chi connectivity index (χ3v) is 11.4. The molecule has 0 aliphatic carbocycles. The van der Waals surface area contributed by atoms with E-state index in [1.807, 2.05) is 0 Å². The third kappa shape index (κ3) is 33.4. The van der Waals surface area contributed by atoms with Gasteiger partial charge in [0.05, 0.1) is 152 Å². The van der Waals surface area contributed by atoms with E-state index in [4.69, 9.17) is 61.3 Å². The summed E-state index contributed by atoms with van der Waals surface area (Å²) in [5.74, 6) is -0.459. The van der Waals surface area contributed by atoms with Crippen LogP contribution in [-0.2, 0) is 66.1 Å². The van der Waals surface area contributed by atoms with Crippen LogP contribution in [0.1, 0.15) is 20.8 Å². The molecule has 0 aliphatic rings. The fourth-order valence-corrected chi connectivity index (χ4v) is 4.16. The lowest BCUT2D eigenvalue weighted by molar-refractivity contribution is -0.139. The number of esters is 1. The quantitative estimate of drug-likeness (QED) is 0.0401. The minimum absolute atomic E-state index is 0.198. The molecule has 0 heterocycles. The van der Waals surface area contributed by atoms with Gasteiger partial charge in [-0.25, -0.2) is 4.79 Å². The predicted octanol–water partition coefficient (Wildman–Crippen LogP) is 2.92. The fraction of sp³-hybridized carbons (Fsp3) is 0.909. The number of carbonyl (C=O) groups is 1. The van der Waals surface area contributed by atoms with Crippen LogP contribution in [0.5, 0.6) is 0 Å². The van der Waals surface area contributed by atoms with Gasteiger partial charge in [-0.1, -0.05) is 27.4 Å². The topological polar surface area (TPSA) is 137 Å². The number of carbonyl (C=O) groups excluding carboxylic acids is 1. The van der Waals surface area contributed by atoms with Gasteiger partial charge in [0.1, 0.15) is 6.61 Å². The van der Waals surface area contributed by atoms with E-state index in [0.717, 1.165) is 6.08 Å². The van der Waals surface area contributed by atoms with Crippen LogP contribution >= 0.6 is 0 Å². The van der Waals surface area contributed by atoms with E-state index in [2.05, 4.69) is 40.4 Å². The first-order valence-electron chi connectivity index (χ1n) is 17.0. The molecule has 0 radical (unpaired) electrons. The minimum atomic E-state index is -1.70. The van der Waals surface area contributed by atoms with Gasteiger partial charge in [-0.3, -0.25) is 0 Å². The summed E-state index contributed by atoms with van der Waals surface area (Å²) in [4.78, 5) is 10.8. The van der Waals surface area contributed by atoms with E-state index in [1.165, 1.54) is 0 Å². The predicted molar refractivity (Wildman–Crippen MR) is 183 cm³/mol. The van der Waals surface area contributed by atoms with Crippen LogP contribution in [0.25, 0.3) is 0 Å². The molecule has 0 amide bonds. The zero-order chi connectivity index (χ0) is 35.4. The lowest BCUT2D eigenvalue weighted by Gasteiger charge is -2.36. The molecule has 0 aromatic carbocycles. The van der Waals surface area contributed by atoms with E-state index < -0.39 is 14.3 Å². The molecule has 0 rings (SSSR count). The largest absolute Gasteiger partial charge is 0.460 e. The Morgan fingerprint density at radius 1 is 0.438 bits per heavy atom. The Morgan fingerprint density at radius 3 is 0.854 bits per heavy atom. The monoisotopic (exact) mass is 714 g/mol. The molecule has 0 atom stereocenters. The molecule has 14 nitrogen and oxygen atoms in total. The Balaban J connectivity index is 3.13. The molecule has 0 unspecified atom stereocenters. The van der Waals surface area contributed by atoms with E-state index in [-0.39, 0.29) is 11.6 Å². The SMILES string of the molecule is C=CC(=O)OCCOCCOCCOCCOCCOCCOCCOCCOCCOCCOCCOCCO[Si](C)(C)C(C)(C)C. The average molecular weight is 715 g/mol. The van der Waals surface area contributed by atoms with Gasteiger partial charge >= 0.3 is 5.97 Å². The Labute approximate surface area is 290 Å². The van der Waals surface area contributed by atoms with Gasteiger partial charge in [-0.05, 0) is 18.1 Å². The molecular weight excluding hydrogens is 648 g/mol. The van der Waals surface area contributed by atoms with Gasteiger partial charge in [0.25, 0.3) is 0 Å². The molecule has 0 aromatic rings. The molecule has 0 saturated carbocycles. The summed E-state index contributed by atoms with van der Waals surface area (Å²) in [6.45, 7) is 26.2. The first-order valence-corrected chi connectivity index (χ1v) is 19.9. The van der Waals surface area contributed by atoms with Crippen molar-refractivity contribution in [2.45, 2.75) is 38.9 Å². The molecule has 0 saturated heterocycles. The maximum absolute atomic E-state index is 10.8. The average Bonchev–Trinajstić information content (AvgIpc) is 3.05. The van der Waals surface area contributed by atoms with E-state index in [1.54, 1.807) is 0 Å². The van der Waals surface area contributed by atoms with Crippen molar-refractivity contribution in [2.75, 3.05) is 159 Å². The van der Waals surface area contributed by atoms with Crippen LogP contribution in [-0.4, -0.2) is 173 Å². The Kier molecular flexibility index (Phi) is 33.6. The Morgan fingerprint density at radius 2 is 0.646 bits per heavy atom. The lowest BCUT2D eigenvalue weighted by Crippen LogP contribution is -2.41. The fourth-order valence-electron chi connectivity index (χ4n) is 3.13. The molecule has 48 heavy (non-hydrogen) atoms. The number of hydrogen-bond acceptors (Lipinski definition) is 14. The van der Waals surface area contributed by atoms with Gasteiger partial charge in [-0.2, -0.15) is 0 Å². The van der Waals surface area contributed by atoms with Crippen molar-refractivity contribution in [1.82, 2.24) is 0 Å². The van der Waals surface area contributed by atoms with Crippen molar-refractivity contribution < 1.29 is 66.1 Å². The second-order valence-electron chi connectivity index (χ2n) is 11.7. The third-order valence-electron chi connectivity index (χ3n) is 6.86. The second kappa shape index (κ2) is 34.4. The number of rotatable bonds is 38. The zero-order valence-electron chi connectivity index (χ0n) is 30.5. The van der Waals surface area contributed by atoms with Gasteiger partial charge in [-0.15, -0.1) is 0 Å². The van der Waals surface area contributed by atoms with Crippen molar-refractivity contribution in [3.05, 3.63) is 12.7 Å². The van der Waals surface area contributed by atoms with Gasteiger partial charge in [0.15, 0.2) is 8.32 Å². The summed E-state index contributed by atoms with van der Waals surface area (Å²) in [7, 11) is -1.70. The van der Waals surface area contributed by atoms with Gasteiger partial charge in [0.2, 0.25) is 0 Å². The maximum Gasteiger partial charge on any atom is 0.330 e. The summed E-state index contributed by atoms with van der Waals surface area (Å²) in [6.07, 6.45) is 1.11.